The number of nitro groups is 1. The van der Waals surface area contributed by atoms with E-state index in [0.717, 1.165) is 25.1 Å². The SMILES string of the molecule is O=[N+]([O-])c1ccc(N2CCCC(O)C2)cc1CO. The van der Waals surface area contributed by atoms with Crippen LogP contribution in [0.15, 0.2) is 18.2 Å². The summed E-state index contributed by atoms with van der Waals surface area (Å²) in [5.74, 6) is 0. The molecule has 0 bridgehead atoms. The third-order valence-corrected chi connectivity index (χ3v) is 3.19. The number of piperidine rings is 1. The summed E-state index contributed by atoms with van der Waals surface area (Å²) in [6.45, 7) is 0.989. The van der Waals surface area contributed by atoms with Gasteiger partial charge in [-0.25, -0.2) is 0 Å². The molecule has 1 heterocycles. The molecule has 18 heavy (non-hydrogen) atoms. The zero-order valence-corrected chi connectivity index (χ0v) is 9.95. The fraction of sp³-hybridized carbons (Fsp3) is 0.500. The van der Waals surface area contributed by atoms with Crippen LogP contribution in [-0.4, -0.2) is 34.3 Å². The van der Waals surface area contributed by atoms with E-state index >= 15 is 0 Å². The Morgan fingerprint density at radius 1 is 1.50 bits per heavy atom. The number of hydrogen-bond donors (Lipinski definition) is 2. The number of hydrogen-bond acceptors (Lipinski definition) is 5. The maximum absolute atomic E-state index is 10.8. The maximum atomic E-state index is 10.8. The van der Waals surface area contributed by atoms with Crippen LogP contribution in [0.2, 0.25) is 0 Å². The molecule has 1 saturated heterocycles. The summed E-state index contributed by atoms with van der Waals surface area (Å²) in [5, 5.41) is 29.5. The molecule has 0 saturated carbocycles. The number of nitro benzene ring substituents is 1. The second-order valence-corrected chi connectivity index (χ2v) is 4.47. The van der Waals surface area contributed by atoms with Gasteiger partial charge in [0.1, 0.15) is 0 Å². The largest absolute Gasteiger partial charge is 0.391 e. The Morgan fingerprint density at radius 2 is 2.28 bits per heavy atom. The van der Waals surface area contributed by atoms with Gasteiger partial charge in [0, 0.05) is 24.8 Å². The normalized spacial score (nSPS) is 19.9. The summed E-state index contributed by atoms with van der Waals surface area (Å²) in [6, 6.07) is 4.69. The van der Waals surface area contributed by atoms with Crippen molar-refractivity contribution in [3.05, 3.63) is 33.9 Å². The summed E-state index contributed by atoms with van der Waals surface area (Å²) in [4.78, 5) is 12.2. The zero-order chi connectivity index (χ0) is 13.1. The Bertz CT molecular complexity index is 450. The molecule has 2 N–H and O–H groups in total. The van der Waals surface area contributed by atoms with Crippen molar-refractivity contribution < 1.29 is 15.1 Å². The van der Waals surface area contributed by atoms with Gasteiger partial charge < -0.3 is 15.1 Å². The molecule has 0 aliphatic carbocycles. The van der Waals surface area contributed by atoms with Gasteiger partial charge in [-0.15, -0.1) is 0 Å². The number of benzene rings is 1. The van der Waals surface area contributed by atoms with Gasteiger partial charge in [0.05, 0.1) is 23.2 Å². The Hall–Kier alpha value is -1.66. The number of β-amino-alcohol motifs (C(OH)–C–C–N with tert-alkyl or cyclic N) is 1. The molecule has 1 aliphatic heterocycles. The van der Waals surface area contributed by atoms with E-state index in [1.807, 2.05) is 4.90 Å². The van der Waals surface area contributed by atoms with E-state index in [-0.39, 0.29) is 18.4 Å². The second kappa shape index (κ2) is 5.32. The summed E-state index contributed by atoms with van der Waals surface area (Å²) in [6.07, 6.45) is 1.33. The van der Waals surface area contributed by atoms with Crippen LogP contribution < -0.4 is 4.90 Å². The van der Waals surface area contributed by atoms with Crippen molar-refractivity contribution >= 4 is 11.4 Å². The van der Waals surface area contributed by atoms with Gasteiger partial charge in [-0.1, -0.05) is 0 Å². The van der Waals surface area contributed by atoms with E-state index in [2.05, 4.69) is 0 Å². The zero-order valence-electron chi connectivity index (χ0n) is 9.95. The standard InChI is InChI=1S/C12H16N2O4/c15-8-9-6-10(3-4-12(9)14(17)18)13-5-1-2-11(16)7-13/h3-4,6,11,15-16H,1-2,5,7-8H2. The van der Waals surface area contributed by atoms with Crippen molar-refractivity contribution in [2.24, 2.45) is 0 Å². The average molecular weight is 252 g/mol. The Morgan fingerprint density at radius 3 is 2.89 bits per heavy atom. The lowest BCUT2D eigenvalue weighted by molar-refractivity contribution is -0.385. The number of aliphatic hydroxyl groups is 2. The molecule has 98 valence electrons. The third kappa shape index (κ3) is 2.60. The maximum Gasteiger partial charge on any atom is 0.275 e. The minimum atomic E-state index is -0.500. The quantitative estimate of drug-likeness (QED) is 0.620. The molecule has 0 radical (unpaired) electrons. The van der Waals surface area contributed by atoms with Gasteiger partial charge in [0.15, 0.2) is 0 Å². The van der Waals surface area contributed by atoms with Crippen LogP contribution in [0.25, 0.3) is 0 Å². The first-order valence-electron chi connectivity index (χ1n) is 5.93. The van der Waals surface area contributed by atoms with Crippen LogP contribution in [-0.2, 0) is 6.61 Å². The summed E-state index contributed by atoms with van der Waals surface area (Å²) >= 11 is 0. The predicted molar refractivity (Wildman–Crippen MR) is 66.5 cm³/mol. The van der Waals surface area contributed by atoms with E-state index < -0.39 is 4.92 Å². The highest BCUT2D eigenvalue weighted by atomic mass is 16.6. The Labute approximate surface area is 105 Å². The monoisotopic (exact) mass is 252 g/mol. The molecule has 2 rings (SSSR count). The first-order valence-corrected chi connectivity index (χ1v) is 5.93. The minimum absolute atomic E-state index is 0.0705. The first-order chi connectivity index (χ1) is 8.61. The molecule has 1 aliphatic rings. The van der Waals surface area contributed by atoms with Crippen molar-refractivity contribution in [3.8, 4) is 0 Å². The van der Waals surface area contributed by atoms with Gasteiger partial charge >= 0.3 is 0 Å². The fourth-order valence-corrected chi connectivity index (χ4v) is 2.26. The van der Waals surface area contributed by atoms with Gasteiger partial charge in [-0.05, 0) is 25.0 Å². The summed E-state index contributed by atoms with van der Waals surface area (Å²) in [7, 11) is 0. The molecule has 1 fully saturated rings. The van der Waals surface area contributed by atoms with Crippen LogP contribution in [0.3, 0.4) is 0 Å². The van der Waals surface area contributed by atoms with Gasteiger partial charge in [0.25, 0.3) is 5.69 Å². The topological polar surface area (TPSA) is 86.8 Å². The van der Waals surface area contributed by atoms with Gasteiger partial charge in [-0.3, -0.25) is 10.1 Å². The van der Waals surface area contributed by atoms with Crippen LogP contribution >= 0.6 is 0 Å². The molecular weight excluding hydrogens is 236 g/mol. The number of nitrogens with zero attached hydrogens (tertiary/aromatic N) is 2. The van der Waals surface area contributed by atoms with Crippen LogP contribution in [0.4, 0.5) is 11.4 Å². The van der Waals surface area contributed by atoms with E-state index in [0.29, 0.717) is 12.1 Å². The lowest BCUT2D eigenvalue weighted by Gasteiger charge is -2.32. The van der Waals surface area contributed by atoms with Gasteiger partial charge in [0.2, 0.25) is 0 Å². The molecule has 1 unspecified atom stereocenters. The molecule has 6 heteroatoms. The third-order valence-electron chi connectivity index (χ3n) is 3.19. The van der Waals surface area contributed by atoms with Crippen LogP contribution in [0.5, 0.6) is 0 Å². The molecular formula is C12H16N2O4. The van der Waals surface area contributed by atoms with Crippen molar-refractivity contribution in [2.75, 3.05) is 18.0 Å². The molecule has 1 aromatic carbocycles. The number of aliphatic hydroxyl groups excluding tert-OH is 2. The number of rotatable bonds is 3. The summed E-state index contributed by atoms with van der Waals surface area (Å²) in [5.41, 5.74) is 1.04. The Kier molecular flexibility index (Phi) is 3.78. The van der Waals surface area contributed by atoms with E-state index in [9.17, 15) is 15.2 Å². The van der Waals surface area contributed by atoms with Crippen LogP contribution in [0.1, 0.15) is 18.4 Å². The number of anilines is 1. The molecule has 0 aromatic heterocycles. The van der Waals surface area contributed by atoms with E-state index in [1.54, 1.807) is 12.1 Å². The predicted octanol–water partition coefficient (Wildman–Crippen LogP) is 1.05. The van der Waals surface area contributed by atoms with Crippen molar-refractivity contribution in [1.82, 2.24) is 0 Å². The average Bonchev–Trinajstić information content (AvgIpc) is 2.37. The fourth-order valence-electron chi connectivity index (χ4n) is 2.26. The van der Waals surface area contributed by atoms with E-state index in [4.69, 9.17) is 5.11 Å². The minimum Gasteiger partial charge on any atom is -0.391 e. The van der Waals surface area contributed by atoms with Gasteiger partial charge in [-0.2, -0.15) is 0 Å². The van der Waals surface area contributed by atoms with Crippen molar-refractivity contribution in [3.63, 3.8) is 0 Å². The molecule has 0 amide bonds. The highest BCUT2D eigenvalue weighted by Gasteiger charge is 2.20. The second-order valence-electron chi connectivity index (χ2n) is 4.47. The smallest absolute Gasteiger partial charge is 0.275 e. The first kappa shape index (κ1) is 12.8. The molecule has 0 spiro atoms. The Balaban J connectivity index is 2.26. The molecule has 1 aromatic rings. The highest BCUT2D eigenvalue weighted by molar-refractivity contribution is 5.55. The van der Waals surface area contributed by atoms with Crippen molar-refractivity contribution in [2.45, 2.75) is 25.6 Å². The van der Waals surface area contributed by atoms with Crippen molar-refractivity contribution in [1.29, 1.82) is 0 Å². The molecule has 6 nitrogen and oxygen atoms in total. The lowest BCUT2D eigenvalue weighted by atomic mass is 10.1. The van der Waals surface area contributed by atoms with E-state index in [1.165, 1.54) is 6.07 Å². The van der Waals surface area contributed by atoms with Crippen LogP contribution in [0, 0.1) is 10.1 Å². The lowest BCUT2D eigenvalue weighted by Crippen LogP contribution is -2.38. The molecule has 1 atom stereocenters. The summed E-state index contributed by atoms with van der Waals surface area (Å²) < 4.78 is 0. The highest BCUT2D eigenvalue weighted by Crippen LogP contribution is 2.27.